The van der Waals surface area contributed by atoms with E-state index in [4.69, 9.17) is 9.84 Å². The molecule has 2 rings (SSSR count). The van der Waals surface area contributed by atoms with Gasteiger partial charge < -0.3 is 9.84 Å². The van der Waals surface area contributed by atoms with Crippen LogP contribution in [0.1, 0.15) is 0 Å². The van der Waals surface area contributed by atoms with Gasteiger partial charge in [0.1, 0.15) is 5.75 Å². The van der Waals surface area contributed by atoms with Gasteiger partial charge in [0.05, 0.1) is 15.5 Å². The van der Waals surface area contributed by atoms with E-state index in [0.29, 0.717) is 12.1 Å². The highest BCUT2D eigenvalue weighted by Gasteiger charge is 2.21. The Labute approximate surface area is 130 Å². The molecular weight excluding hydrogens is 331 g/mol. The number of nitrogens with one attached hydrogen (secondary N) is 1. The Bertz CT molecular complexity index is 840. The summed E-state index contributed by atoms with van der Waals surface area (Å²) in [5.41, 5.74) is -0.826. The number of aliphatic hydroxyl groups excluding tert-OH is 1. The molecule has 0 saturated heterocycles. The van der Waals surface area contributed by atoms with Crippen LogP contribution in [0.15, 0.2) is 47.4 Å². The maximum absolute atomic E-state index is 13.3. The Morgan fingerprint density at radius 3 is 2.65 bits per heavy atom. The second-order valence-corrected chi connectivity index (χ2v) is 5.96. The zero-order valence-corrected chi connectivity index (χ0v) is 12.3. The van der Waals surface area contributed by atoms with E-state index in [2.05, 4.69) is 4.72 Å². The molecule has 0 amide bonds. The number of sulfonamides is 1. The van der Waals surface area contributed by atoms with E-state index in [0.717, 1.165) is 6.07 Å². The molecule has 0 aliphatic rings. The van der Waals surface area contributed by atoms with Crippen molar-refractivity contribution in [3.8, 4) is 5.75 Å². The third-order valence-electron chi connectivity index (χ3n) is 2.74. The van der Waals surface area contributed by atoms with Crippen molar-refractivity contribution in [3.63, 3.8) is 0 Å². The fraction of sp³-hybridized carbons (Fsp3) is 0.0769. The van der Waals surface area contributed by atoms with Gasteiger partial charge >= 0.3 is 5.69 Å². The molecule has 0 unspecified atom stereocenters. The van der Waals surface area contributed by atoms with Gasteiger partial charge in [-0.3, -0.25) is 14.8 Å². The molecule has 8 nitrogen and oxygen atoms in total. The molecule has 0 aliphatic heterocycles. The normalized spacial score (nSPS) is 11.0. The summed E-state index contributed by atoms with van der Waals surface area (Å²) in [6.45, 7) is -0.583. The van der Waals surface area contributed by atoms with Crippen LogP contribution >= 0.6 is 0 Å². The maximum atomic E-state index is 13.3. The number of ether oxygens (including phenoxy) is 1. The van der Waals surface area contributed by atoms with Gasteiger partial charge in [0.2, 0.25) is 5.82 Å². The van der Waals surface area contributed by atoms with Gasteiger partial charge in [0.25, 0.3) is 10.0 Å². The molecule has 0 spiro atoms. The van der Waals surface area contributed by atoms with E-state index >= 15 is 0 Å². The number of hydrogen-bond acceptors (Lipinski definition) is 6. The van der Waals surface area contributed by atoms with Crippen LogP contribution in [0.4, 0.5) is 15.8 Å². The summed E-state index contributed by atoms with van der Waals surface area (Å²) >= 11 is 0. The topological polar surface area (TPSA) is 119 Å². The third-order valence-corrected chi connectivity index (χ3v) is 4.12. The summed E-state index contributed by atoms with van der Waals surface area (Å²) < 4.78 is 44.7. The average Bonchev–Trinajstić information content (AvgIpc) is 2.47. The molecule has 0 aliphatic carbocycles. The van der Waals surface area contributed by atoms with Gasteiger partial charge in [-0.2, -0.15) is 4.39 Å². The molecular formula is C13H11FN2O6S. The predicted octanol–water partition coefficient (Wildman–Crippen LogP) is 1.86. The van der Waals surface area contributed by atoms with E-state index in [-0.39, 0.29) is 11.4 Å². The summed E-state index contributed by atoms with van der Waals surface area (Å²) in [5.74, 6) is -0.912. The lowest BCUT2D eigenvalue weighted by Gasteiger charge is -2.09. The van der Waals surface area contributed by atoms with Gasteiger partial charge in [0.15, 0.2) is 6.79 Å². The first-order valence-electron chi connectivity index (χ1n) is 6.14. The number of hydrogen-bond donors (Lipinski definition) is 2. The Kier molecular flexibility index (Phi) is 4.77. The van der Waals surface area contributed by atoms with Crippen LogP contribution in [0.5, 0.6) is 5.75 Å². The molecule has 0 fully saturated rings. The average molecular weight is 342 g/mol. The molecule has 0 heterocycles. The SMILES string of the molecule is O=[N+]([O-])c1cc(S(=O)(=O)Nc2cccc(OCO)c2)ccc1F. The van der Waals surface area contributed by atoms with Crippen molar-refractivity contribution in [2.24, 2.45) is 0 Å². The first-order chi connectivity index (χ1) is 10.8. The quantitative estimate of drug-likeness (QED) is 0.470. The van der Waals surface area contributed by atoms with Crippen LogP contribution in [0.3, 0.4) is 0 Å². The number of anilines is 1. The smallest absolute Gasteiger partial charge is 0.306 e. The first-order valence-corrected chi connectivity index (χ1v) is 7.62. The Morgan fingerprint density at radius 1 is 1.26 bits per heavy atom. The van der Waals surface area contributed by atoms with E-state index in [1.54, 1.807) is 0 Å². The highest BCUT2D eigenvalue weighted by atomic mass is 32.2. The zero-order valence-electron chi connectivity index (χ0n) is 11.5. The van der Waals surface area contributed by atoms with Gasteiger partial charge in [-0.1, -0.05) is 6.07 Å². The fourth-order valence-corrected chi connectivity index (χ4v) is 2.81. The molecule has 0 atom stereocenters. The predicted molar refractivity (Wildman–Crippen MR) is 78.0 cm³/mol. The van der Waals surface area contributed by atoms with Crippen molar-refractivity contribution >= 4 is 21.4 Å². The van der Waals surface area contributed by atoms with Crippen LogP contribution in [0.2, 0.25) is 0 Å². The van der Waals surface area contributed by atoms with Crippen molar-refractivity contribution in [1.29, 1.82) is 0 Å². The van der Waals surface area contributed by atoms with Gasteiger partial charge in [-0.05, 0) is 24.3 Å². The Hall–Kier alpha value is -2.72. The molecule has 0 bridgehead atoms. The fourth-order valence-electron chi connectivity index (χ4n) is 1.74. The maximum Gasteiger partial charge on any atom is 0.306 e. The number of rotatable bonds is 6. The standard InChI is InChI=1S/C13H11FN2O6S/c14-12-5-4-11(7-13(12)16(18)19)23(20,21)15-9-2-1-3-10(6-9)22-8-17/h1-7,15,17H,8H2. The number of halogens is 1. The first kappa shape index (κ1) is 16.6. The highest BCUT2D eigenvalue weighted by molar-refractivity contribution is 7.92. The summed E-state index contributed by atoms with van der Waals surface area (Å²) in [5, 5.41) is 19.4. The van der Waals surface area contributed by atoms with E-state index in [9.17, 15) is 22.9 Å². The summed E-state index contributed by atoms with van der Waals surface area (Å²) in [6.07, 6.45) is 0. The van der Waals surface area contributed by atoms with Crippen molar-refractivity contribution in [1.82, 2.24) is 0 Å². The molecule has 2 aromatic rings. The van der Waals surface area contributed by atoms with Crippen molar-refractivity contribution < 1.29 is 27.6 Å². The lowest BCUT2D eigenvalue weighted by atomic mass is 10.3. The number of aliphatic hydroxyl groups is 1. The second kappa shape index (κ2) is 6.58. The monoisotopic (exact) mass is 342 g/mol. The van der Waals surface area contributed by atoms with Crippen molar-refractivity contribution in [3.05, 3.63) is 58.4 Å². The lowest BCUT2D eigenvalue weighted by molar-refractivity contribution is -0.387. The van der Waals surface area contributed by atoms with Crippen LogP contribution in [-0.4, -0.2) is 25.2 Å². The van der Waals surface area contributed by atoms with Crippen LogP contribution in [-0.2, 0) is 10.0 Å². The van der Waals surface area contributed by atoms with Gasteiger partial charge in [-0.25, -0.2) is 8.42 Å². The van der Waals surface area contributed by atoms with E-state index in [1.807, 2.05) is 0 Å². The van der Waals surface area contributed by atoms with E-state index < -0.39 is 38.1 Å². The molecule has 0 radical (unpaired) electrons. The van der Waals surface area contributed by atoms with Crippen LogP contribution in [0.25, 0.3) is 0 Å². The second-order valence-electron chi connectivity index (χ2n) is 4.28. The van der Waals surface area contributed by atoms with E-state index in [1.165, 1.54) is 24.3 Å². The minimum Gasteiger partial charge on any atom is -0.468 e. The van der Waals surface area contributed by atoms with Gasteiger partial charge in [-0.15, -0.1) is 0 Å². The van der Waals surface area contributed by atoms with Crippen molar-refractivity contribution in [2.75, 3.05) is 11.5 Å². The molecule has 2 N–H and O–H groups in total. The number of nitrogens with zero attached hydrogens (tertiary/aromatic N) is 1. The molecule has 23 heavy (non-hydrogen) atoms. The summed E-state index contributed by atoms with van der Waals surface area (Å²) in [6, 6.07) is 7.96. The highest BCUT2D eigenvalue weighted by Crippen LogP contribution is 2.24. The molecule has 2 aromatic carbocycles. The Balaban J connectivity index is 2.34. The van der Waals surface area contributed by atoms with Gasteiger partial charge in [0, 0.05) is 12.1 Å². The summed E-state index contributed by atoms with van der Waals surface area (Å²) in [7, 11) is -4.16. The third kappa shape index (κ3) is 3.93. The number of nitro groups is 1. The summed E-state index contributed by atoms with van der Waals surface area (Å²) in [4.78, 5) is 9.22. The number of nitro benzene ring substituents is 1. The number of benzene rings is 2. The molecule has 10 heteroatoms. The molecule has 0 aromatic heterocycles. The minimum absolute atomic E-state index is 0.114. The lowest BCUT2D eigenvalue weighted by Crippen LogP contribution is -2.13. The largest absolute Gasteiger partial charge is 0.468 e. The van der Waals surface area contributed by atoms with Crippen LogP contribution < -0.4 is 9.46 Å². The molecule has 122 valence electrons. The van der Waals surface area contributed by atoms with Crippen molar-refractivity contribution in [2.45, 2.75) is 4.90 Å². The van der Waals surface area contributed by atoms with Crippen LogP contribution in [0, 0.1) is 15.9 Å². The minimum atomic E-state index is -4.16. The zero-order chi connectivity index (χ0) is 17.0. The Morgan fingerprint density at radius 2 is 2.00 bits per heavy atom. The molecule has 0 saturated carbocycles.